The molecule has 1 fully saturated rings. The van der Waals surface area contributed by atoms with Gasteiger partial charge in [-0.15, -0.1) is 0 Å². The van der Waals surface area contributed by atoms with Crippen molar-refractivity contribution in [3.63, 3.8) is 0 Å². The van der Waals surface area contributed by atoms with Crippen LogP contribution in [0.25, 0.3) is 0 Å². The maximum atomic E-state index is 12.9. The van der Waals surface area contributed by atoms with Gasteiger partial charge in [0.1, 0.15) is 5.71 Å². The predicted molar refractivity (Wildman–Crippen MR) is 98.8 cm³/mol. The third-order valence-electron chi connectivity index (χ3n) is 4.12. The highest BCUT2D eigenvalue weighted by Gasteiger charge is 2.23. The highest BCUT2D eigenvalue weighted by molar-refractivity contribution is 9.10. The molecule has 1 aromatic heterocycles. The fraction of sp³-hybridized carbons (Fsp3) is 0.316. The van der Waals surface area contributed by atoms with E-state index in [1.54, 1.807) is 17.0 Å². The molecular weight excluding hydrogens is 384 g/mol. The lowest BCUT2D eigenvalue weighted by molar-refractivity contribution is -0.125. The van der Waals surface area contributed by atoms with Crippen LogP contribution in [0.4, 0.5) is 0 Å². The van der Waals surface area contributed by atoms with Crippen molar-refractivity contribution in [1.29, 1.82) is 0 Å². The Bertz CT molecular complexity index is 778. The molecule has 130 valence electrons. The maximum Gasteiger partial charge on any atom is 0.313 e. The Morgan fingerprint density at radius 2 is 1.92 bits per heavy atom. The average Bonchev–Trinajstić information content (AvgIpc) is 3.16. The predicted octanol–water partition coefficient (Wildman–Crippen LogP) is 3.88. The maximum absolute atomic E-state index is 12.9. The minimum atomic E-state index is -0.527. The first-order valence-electron chi connectivity index (χ1n) is 8.32. The third-order valence-corrected chi connectivity index (χ3v) is 4.61. The molecule has 2 heterocycles. The topological polar surface area (TPSA) is 62.9 Å². The molecule has 1 aliphatic rings. The van der Waals surface area contributed by atoms with Crippen LogP contribution < -0.4 is 0 Å². The lowest BCUT2D eigenvalue weighted by Crippen LogP contribution is -2.41. The zero-order valence-corrected chi connectivity index (χ0v) is 15.4. The number of hydrogen-bond donors (Lipinski definition) is 0. The van der Waals surface area contributed by atoms with Crippen molar-refractivity contribution in [2.45, 2.75) is 25.7 Å². The van der Waals surface area contributed by atoms with E-state index in [1.165, 1.54) is 6.26 Å². The average molecular weight is 403 g/mol. The van der Waals surface area contributed by atoms with Crippen molar-refractivity contribution in [2.24, 2.45) is 4.99 Å². The third kappa shape index (κ3) is 4.66. The van der Waals surface area contributed by atoms with Gasteiger partial charge in [-0.2, -0.15) is 0 Å². The summed E-state index contributed by atoms with van der Waals surface area (Å²) in [6, 6.07) is 10.8. The molecule has 0 bridgehead atoms. The summed E-state index contributed by atoms with van der Waals surface area (Å²) < 4.78 is 6.02. The Labute approximate surface area is 154 Å². The number of carbonyl (C=O) groups excluding carboxylic acids is 2. The van der Waals surface area contributed by atoms with Gasteiger partial charge in [-0.1, -0.05) is 28.1 Å². The largest absolute Gasteiger partial charge is 0.459 e. The van der Waals surface area contributed by atoms with Crippen molar-refractivity contribution < 1.29 is 14.0 Å². The molecule has 3 rings (SSSR count). The smallest absolute Gasteiger partial charge is 0.313 e. The number of aliphatic imine (C=N–C) groups is 1. The van der Waals surface area contributed by atoms with E-state index in [2.05, 4.69) is 20.9 Å². The SMILES string of the molecule is O=C(N=C(Cc1cccc(Br)c1)C(=O)N1CCCCC1)c1ccco1. The first-order valence-corrected chi connectivity index (χ1v) is 9.12. The fourth-order valence-corrected chi connectivity index (χ4v) is 3.31. The van der Waals surface area contributed by atoms with Gasteiger partial charge in [0.05, 0.1) is 6.26 Å². The number of benzene rings is 1. The van der Waals surface area contributed by atoms with E-state index in [0.29, 0.717) is 19.5 Å². The second kappa shape index (κ2) is 8.25. The summed E-state index contributed by atoms with van der Waals surface area (Å²) in [6.07, 6.45) is 4.84. The zero-order chi connectivity index (χ0) is 17.6. The molecule has 1 aromatic carbocycles. The van der Waals surface area contributed by atoms with E-state index in [9.17, 15) is 9.59 Å². The number of amides is 2. The van der Waals surface area contributed by atoms with E-state index in [0.717, 1.165) is 29.3 Å². The number of hydrogen-bond acceptors (Lipinski definition) is 3. The number of halogens is 1. The van der Waals surface area contributed by atoms with Crippen LogP contribution in [0.2, 0.25) is 0 Å². The minimum Gasteiger partial charge on any atom is -0.459 e. The molecule has 0 atom stereocenters. The number of nitrogens with zero attached hydrogens (tertiary/aromatic N) is 2. The molecule has 0 aliphatic carbocycles. The second-order valence-electron chi connectivity index (χ2n) is 6.00. The Hall–Kier alpha value is -2.21. The Balaban J connectivity index is 1.87. The van der Waals surface area contributed by atoms with Gasteiger partial charge in [-0.3, -0.25) is 9.59 Å². The molecule has 6 heteroatoms. The summed E-state index contributed by atoms with van der Waals surface area (Å²) in [5.74, 6) is -0.557. The van der Waals surface area contributed by atoms with Crippen LogP contribution in [0.15, 0.2) is 56.5 Å². The Morgan fingerprint density at radius 1 is 1.12 bits per heavy atom. The van der Waals surface area contributed by atoms with Crippen molar-refractivity contribution >= 4 is 33.5 Å². The van der Waals surface area contributed by atoms with Gasteiger partial charge in [0.25, 0.3) is 5.91 Å². The first kappa shape index (κ1) is 17.6. The number of carbonyl (C=O) groups is 2. The van der Waals surface area contributed by atoms with Gasteiger partial charge in [0.2, 0.25) is 0 Å². The molecule has 25 heavy (non-hydrogen) atoms. The lowest BCUT2D eigenvalue weighted by atomic mass is 10.1. The van der Waals surface area contributed by atoms with Gasteiger partial charge >= 0.3 is 5.91 Å². The van der Waals surface area contributed by atoms with Crippen molar-refractivity contribution in [2.75, 3.05) is 13.1 Å². The van der Waals surface area contributed by atoms with E-state index < -0.39 is 5.91 Å². The van der Waals surface area contributed by atoms with Crippen LogP contribution in [0.5, 0.6) is 0 Å². The molecular formula is C19H19BrN2O3. The fourth-order valence-electron chi connectivity index (χ4n) is 2.86. The van der Waals surface area contributed by atoms with E-state index >= 15 is 0 Å². The summed E-state index contributed by atoms with van der Waals surface area (Å²) >= 11 is 3.43. The Kier molecular flexibility index (Phi) is 5.81. The number of piperidine rings is 1. The molecule has 2 aromatic rings. The molecule has 5 nitrogen and oxygen atoms in total. The van der Waals surface area contributed by atoms with Crippen LogP contribution >= 0.6 is 15.9 Å². The van der Waals surface area contributed by atoms with Gasteiger partial charge < -0.3 is 9.32 Å². The van der Waals surface area contributed by atoms with Crippen molar-refractivity contribution in [3.05, 3.63) is 58.5 Å². The molecule has 1 aliphatic heterocycles. The highest BCUT2D eigenvalue weighted by Crippen LogP contribution is 2.15. The van der Waals surface area contributed by atoms with Crippen LogP contribution in [0.1, 0.15) is 35.4 Å². The normalized spacial score (nSPS) is 15.2. The standard InChI is InChI=1S/C19H19BrN2O3/c20-15-7-4-6-14(12-15)13-16(19(24)22-9-2-1-3-10-22)21-18(23)17-8-5-11-25-17/h4-8,11-12H,1-3,9-10,13H2. The second-order valence-corrected chi connectivity index (χ2v) is 6.92. The lowest BCUT2D eigenvalue weighted by Gasteiger charge is -2.27. The zero-order valence-electron chi connectivity index (χ0n) is 13.8. The molecule has 0 N–H and O–H groups in total. The monoisotopic (exact) mass is 402 g/mol. The van der Waals surface area contributed by atoms with Crippen LogP contribution in [-0.4, -0.2) is 35.5 Å². The molecule has 0 saturated carbocycles. The minimum absolute atomic E-state index is 0.137. The number of furan rings is 1. The summed E-state index contributed by atoms with van der Waals surface area (Å²) in [7, 11) is 0. The summed E-state index contributed by atoms with van der Waals surface area (Å²) in [5.41, 5.74) is 1.17. The van der Waals surface area contributed by atoms with Gasteiger partial charge in [0.15, 0.2) is 5.76 Å². The molecule has 0 spiro atoms. The summed E-state index contributed by atoms with van der Waals surface area (Å²) in [6.45, 7) is 1.43. The van der Waals surface area contributed by atoms with E-state index in [-0.39, 0.29) is 17.4 Å². The van der Waals surface area contributed by atoms with E-state index in [1.807, 2.05) is 24.3 Å². The molecule has 1 saturated heterocycles. The Morgan fingerprint density at radius 3 is 2.60 bits per heavy atom. The molecule has 0 radical (unpaired) electrons. The van der Waals surface area contributed by atoms with Gasteiger partial charge in [0, 0.05) is 24.0 Å². The number of rotatable bonds is 4. The van der Waals surface area contributed by atoms with E-state index in [4.69, 9.17) is 4.42 Å². The summed E-state index contributed by atoms with van der Waals surface area (Å²) in [5, 5.41) is 0. The van der Waals surface area contributed by atoms with Crippen LogP contribution in [0, 0.1) is 0 Å². The molecule has 0 unspecified atom stereocenters. The van der Waals surface area contributed by atoms with Crippen LogP contribution in [0.3, 0.4) is 0 Å². The van der Waals surface area contributed by atoms with Gasteiger partial charge in [-0.25, -0.2) is 4.99 Å². The highest BCUT2D eigenvalue weighted by atomic mass is 79.9. The quantitative estimate of drug-likeness (QED) is 0.728. The van der Waals surface area contributed by atoms with Gasteiger partial charge in [-0.05, 0) is 49.1 Å². The molecule has 2 amide bonds. The summed E-state index contributed by atoms with van der Waals surface area (Å²) in [4.78, 5) is 31.1. The van der Waals surface area contributed by atoms with Crippen LogP contribution in [-0.2, 0) is 11.2 Å². The first-order chi connectivity index (χ1) is 12.1. The number of likely N-dealkylation sites (tertiary alicyclic amines) is 1. The van der Waals surface area contributed by atoms with Crippen molar-refractivity contribution in [1.82, 2.24) is 4.90 Å². The van der Waals surface area contributed by atoms with Crippen molar-refractivity contribution in [3.8, 4) is 0 Å².